The van der Waals surface area contributed by atoms with Crippen LogP contribution in [0.3, 0.4) is 0 Å². The number of piperazine rings is 1. The Bertz CT molecular complexity index is 2160. The van der Waals surface area contributed by atoms with Crippen LogP contribution >= 0.6 is 0 Å². The summed E-state index contributed by atoms with van der Waals surface area (Å²) in [4.78, 5) is 66.7. The molecule has 0 spiro atoms. The first-order valence-electron chi connectivity index (χ1n) is 19.6. The maximum Gasteiger partial charge on any atom is 0.295 e. The molecular formula is C40H50N10O9. The minimum Gasteiger partial charge on any atom is -0.494 e. The summed E-state index contributed by atoms with van der Waals surface area (Å²) in [5.41, 5.74) is 1.95. The van der Waals surface area contributed by atoms with Crippen molar-refractivity contribution in [2.24, 2.45) is 5.92 Å². The number of ketones is 2. The van der Waals surface area contributed by atoms with E-state index in [2.05, 4.69) is 30.4 Å². The Kier molecular flexibility index (Phi) is 15.4. The predicted molar refractivity (Wildman–Crippen MR) is 211 cm³/mol. The molecule has 0 radical (unpaired) electrons. The highest BCUT2D eigenvalue weighted by Gasteiger charge is 2.31. The Morgan fingerprint density at radius 2 is 1.53 bits per heavy atom. The van der Waals surface area contributed by atoms with Crippen molar-refractivity contribution in [3.8, 4) is 11.6 Å². The van der Waals surface area contributed by atoms with Gasteiger partial charge in [0.15, 0.2) is 11.6 Å². The molecule has 1 aliphatic rings. The quantitative estimate of drug-likeness (QED) is 0.0570. The Balaban J connectivity index is 0.876. The van der Waals surface area contributed by atoms with Crippen molar-refractivity contribution in [2.75, 3.05) is 79.5 Å². The van der Waals surface area contributed by atoms with E-state index in [9.17, 15) is 19.2 Å². The molecule has 5 heterocycles. The molecule has 1 N–H and O–H groups in total. The molecule has 1 fully saturated rings. The predicted octanol–water partition coefficient (Wildman–Crippen LogP) is 2.34. The summed E-state index contributed by atoms with van der Waals surface area (Å²) in [6, 6.07) is 8.96. The molecule has 19 heteroatoms. The van der Waals surface area contributed by atoms with E-state index in [1.54, 1.807) is 33.8 Å². The van der Waals surface area contributed by atoms with Crippen molar-refractivity contribution >= 4 is 34.3 Å². The minimum absolute atomic E-state index is 0.0270. The number of carbonyl (C=O) groups is 4. The average molecular weight is 815 g/mol. The van der Waals surface area contributed by atoms with Crippen LogP contribution in [0.4, 0.5) is 0 Å². The zero-order valence-electron chi connectivity index (χ0n) is 33.6. The summed E-state index contributed by atoms with van der Waals surface area (Å²) >= 11 is 0. The second kappa shape index (κ2) is 21.2. The Morgan fingerprint density at radius 3 is 2.22 bits per heavy atom. The fourth-order valence-electron chi connectivity index (χ4n) is 6.30. The standard InChI is InChI=1S/C40H50N10O9/c1-28(2)32(51)10-9-30-25-49(46-44-30)15-16-56-17-18-57-19-20-58-21-22-59-26-34-43-27-50(45-34)38-36-35(33(55-3)24-42-38)31(23-41-36)37(52)40(54)48-13-11-47(12-14-48)39(53)29-7-5-4-6-8-29/h4-8,23-25,27-28,41H,9-22,26H2,1-3H3. The molecule has 0 bridgehead atoms. The van der Waals surface area contributed by atoms with Gasteiger partial charge in [-0.1, -0.05) is 37.3 Å². The first kappa shape index (κ1) is 42.7. The topological polar surface area (TPSA) is 211 Å². The van der Waals surface area contributed by atoms with Gasteiger partial charge in [-0.05, 0) is 12.1 Å². The van der Waals surface area contributed by atoms with Crippen LogP contribution < -0.4 is 4.74 Å². The molecule has 0 atom stereocenters. The summed E-state index contributed by atoms with van der Waals surface area (Å²) in [6.45, 7) is 8.40. The lowest BCUT2D eigenvalue weighted by Crippen LogP contribution is -2.52. The zero-order valence-corrected chi connectivity index (χ0v) is 33.6. The van der Waals surface area contributed by atoms with E-state index < -0.39 is 11.7 Å². The normalized spacial score (nSPS) is 13.1. The third-order valence-corrected chi connectivity index (χ3v) is 9.61. The summed E-state index contributed by atoms with van der Waals surface area (Å²) < 4.78 is 31.1. The summed E-state index contributed by atoms with van der Waals surface area (Å²) in [5, 5.41) is 13.1. The second-order valence-electron chi connectivity index (χ2n) is 14.0. The van der Waals surface area contributed by atoms with Gasteiger partial charge in [0.05, 0.1) is 88.3 Å². The number of carbonyl (C=O) groups excluding carboxylic acids is 4. The number of aromatic amines is 1. The van der Waals surface area contributed by atoms with Crippen LogP contribution in [0, 0.1) is 5.92 Å². The van der Waals surface area contributed by atoms with E-state index in [0.29, 0.717) is 113 Å². The van der Waals surface area contributed by atoms with Crippen molar-refractivity contribution in [3.05, 3.63) is 77.9 Å². The molecule has 5 aromatic rings. The number of pyridine rings is 1. The number of hydrogen-bond acceptors (Lipinski definition) is 14. The van der Waals surface area contributed by atoms with Gasteiger partial charge < -0.3 is 38.5 Å². The number of nitrogens with zero attached hydrogens (tertiary/aromatic N) is 9. The summed E-state index contributed by atoms with van der Waals surface area (Å²) in [5.74, 6) is -0.169. The molecule has 0 saturated carbocycles. The second-order valence-corrected chi connectivity index (χ2v) is 14.0. The number of methoxy groups -OCH3 is 1. The van der Waals surface area contributed by atoms with Crippen molar-refractivity contribution in [3.63, 3.8) is 0 Å². The van der Waals surface area contributed by atoms with E-state index in [1.165, 1.54) is 35.4 Å². The molecule has 0 unspecified atom stereocenters. The number of ether oxygens (including phenoxy) is 5. The largest absolute Gasteiger partial charge is 0.494 e. The molecule has 6 rings (SSSR count). The number of benzene rings is 1. The SMILES string of the molecule is COc1cnc(-n2cnc(COCCOCCOCCOCCn3cc(CCC(=O)C(C)C)nn3)n2)c2[nH]cc(C(=O)C(=O)N3CCN(C(=O)c4ccccc4)CC3)c12. The summed E-state index contributed by atoms with van der Waals surface area (Å²) in [7, 11) is 1.46. The molecular weight excluding hydrogens is 765 g/mol. The van der Waals surface area contributed by atoms with E-state index in [-0.39, 0.29) is 42.9 Å². The van der Waals surface area contributed by atoms with Crippen LogP contribution in [0.2, 0.25) is 0 Å². The monoisotopic (exact) mass is 814 g/mol. The molecule has 4 aromatic heterocycles. The smallest absolute Gasteiger partial charge is 0.295 e. The van der Waals surface area contributed by atoms with Crippen molar-refractivity contribution < 1.29 is 42.9 Å². The van der Waals surface area contributed by atoms with Gasteiger partial charge >= 0.3 is 0 Å². The van der Waals surface area contributed by atoms with Gasteiger partial charge in [0, 0.05) is 62.9 Å². The van der Waals surface area contributed by atoms with Crippen LogP contribution in [0.25, 0.3) is 16.7 Å². The molecule has 59 heavy (non-hydrogen) atoms. The maximum absolute atomic E-state index is 13.6. The van der Waals surface area contributed by atoms with Crippen LogP contribution in [0.5, 0.6) is 5.75 Å². The van der Waals surface area contributed by atoms with Gasteiger partial charge in [0.25, 0.3) is 17.6 Å². The van der Waals surface area contributed by atoms with Gasteiger partial charge in [-0.2, -0.15) is 0 Å². The van der Waals surface area contributed by atoms with Gasteiger partial charge in [-0.15, -0.1) is 10.2 Å². The van der Waals surface area contributed by atoms with Crippen LogP contribution in [-0.2, 0) is 48.1 Å². The third-order valence-electron chi connectivity index (χ3n) is 9.61. The van der Waals surface area contributed by atoms with E-state index in [1.807, 2.05) is 26.1 Å². The highest BCUT2D eigenvalue weighted by atomic mass is 16.6. The van der Waals surface area contributed by atoms with E-state index in [4.69, 9.17) is 23.7 Å². The number of aryl methyl sites for hydroxylation is 1. The Hall–Kier alpha value is -5.89. The van der Waals surface area contributed by atoms with E-state index in [0.717, 1.165) is 5.69 Å². The average Bonchev–Trinajstić information content (AvgIpc) is 4.04. The Morgan fingerprint density at radius 1 is 0.847 bits per heavy atom. The van der Waals surface area contributed by atoms with Crippen LogP contribution in [0.1, 0.15) is 52.5 Å². The number of H-pyrrole nitrogens is 1. The lowest BCUT2D eigenvalue weighted by atomic mass is 10.0. The van der Waals surface area contributed by atoms with Gasteiger partial charge in [0.2, 0.25) is 0 Å². The number of amides is 2. The van der Waals surface area contributed by atoms with Crippen LogP contribution in [0.15, 0.2) is 55.2 Å². The number of hydrogen-bond donors (Lipinski definition) is 1. The van der Waals surface area contributed by atoms with Crippen molar-refractivity contribution in [2.45, 2.75) is 39.8 Å². The molecule has 1 saturated heterocycles. The fraction of sp³-hybridized carbons (Fsp3) is 0.475. The van der Waals surface area contributed by atoms with E-state index >= 15 is 0 Å². The molecule has 0 aliphatic carbocycles. The first-order chi connectivity index (χ1) is 28.7. The lowest BCUT2D eigenvalue weighted by Gasteiger charge is -2.34. The molecule has 1 aliphatic heterocycles. The highest BCUT2D eigenvalue weighted by molar-refractivity contribution is 6.45. The number of aromatic nitrogens is 8. The number of nitrogens with one attached hydrogen (secondary N) is 1. The maximum atomic E-state index is 13.6. The number of fused-ring (bicyclic) bond motifs is 1. The highest BCUT2D eigenvalue weighted by Crippen LogP contribution is 2.32. The molecule has 2 amide bonds. The van der Waals surface area contributed by atoms with Crippen molar-refractivity contribution in [1.82, 2.24) is 49.5 Å². The summed E-state index contributed by atoms with van der Waals surface area (Å²) in [6.07, 6.45) is 7.31. The lowest BCUT2D eigenvalue weighted by molar-refractivity contribution is -0.127. The first-order valence-corrected chi connectivity index (χ1v) is 19.6. The van der Waals surface area contributed by atoms with Gasteiger partial charge in [0.1, 0.15) is 24.5 Å². The minimum atomic E-state index is -0.705. The molecule has 19 nitrogen and oxygen atoms in total. The number of rotatable bonds is 23. The van der Waals surface area contributed by atoms with Gasteiger partial charge in [-0.3, -0.25) is 19.2 Å². The van der Waals surface area contributed by atoms with Crippen molar-refractivity contribution in [1.29, 1.82) is 0 Å². The molecule has 314 valence electrons. The number of Topliss-reactive ketones (excluding diaryl/α,β-unsaturated/α-hetero) is 2. The molecule has 1 aromatic carbocycles. The zero-order chi connectivity index (χ0) is 41.6. The Labute approximate surface area is 340 Å². The van der Waals surface area contributed by atoms with Gasteiger partial charge in [-0.25, -0.2) is 19.3 Å². The third kappa shape index (κ3) is 11.4. The fourth-order valence-corrected chi connectivity index (χ4v) is 6.30. The van der Waals surface area contributed by atoms with Crippen LogP contribution in [-0.4, -0.2) is 152 Å².